The van der Waals surface area contributed by atoms with Gasteiger partial charge in [0.1, 0.15) is 5.71 Å². The highest BCUT2D eigenvalue weighted by molar-refractivity contribution is 7.18. The van der Waals surface area contributed by atoms with E-state index < -0.39 is 6.10 Å². The Hall–Kier alpha value is -1.11. The maximum absolute atomic E-state index is 12.2. The number of halogens is 1. The Bertz CT molecular complexity index is 609. The first-order valence-corrected chi connectivity index (χ1v) is 9.69. The minimum atomic E-state index is -0.528. The first-order chi connectivity index (χ1) is 11.5. The van der Waals surface area contributed by atoms with Gasteiger partial charge in [-0.3, -0.25) is 4.79 Å². The summed E-state index contributed by atoms with van der Waals surface area (Å²) in [5.74, 6) is 1.38. The lowest BCUT2D eigenvalue weighted by Gasteiger charge is -2.34. The number of amides is 1. The summed E-state index contributed by atoms with van der Waals surface area (Å²) in [4.78, 5) is 20.9. The van der Waals surface area contributed by atoms with Crippen molar-refractivity contribution in [2.24, 2.45) is 17.0 Å². The number of carbonyl (C=O) groups is 1. The van der Waals surface area contributed by atoms with Crippen LogP contribution < -0.4 is 5.32 Å². The van der Waals surface area contributed by atoms with E-state index in [1.165, 1.54) is 17.8 Å². The first-order valence-electron chi connectivity index (χ1n) is 8.49. The average Bonchev–Trinajstić information content (AvgIpc) is 3.14. The molecule has 3 atom stereocenters. The molecule has 132 valence electrons. The van der Waals surface area contributed by atoms with Crippen molar-refractivity contribution in [1.82, 2.24) is 10.2 Å². The van der Waals surface area contributed by atoms with Crippen LogP contribution in [0.4, 0.5) is 0 Å². The number of nitrogens with one attached hydrogen (secondary N) is 1. The van der Waals surface area contributed by atoms with E-state index in [1.54, 1.807) is 0 Å². The Morgan fingerprint density at radius 2 is 2.17 bits per heavy atom. The molecule has 1 aromatic heterocycles. The van der Waals surface area contributed by atoms with Crippen molar-refractivity contribution in [2.75, 3.05) is 26.2 Å². The topological polar surface area (TPSA) is 53.9 Å². The van der Waals surface area contributed by atoms with Gasteiger partial charge in [0.05, 0.1) is 9.21 Å². The summed E-state index contributed by atoms with van der Waals surface area (Å²) in [6, 6.07) is 3.74. The van der Waals surface area contributed by atoms with Crippen LogP contribution >= 0.6 is 22.9 Å². The molecule has 7 heteroatoms. The zero-order valence-electron chi connectivity index (χ0n) is 14.1. The second-order valence-corrected chi connectivity index (χ2v) is 8.65. The molecule has 1 fully saturated rings. The van der Waals surface area contributed by atoms with Crippen molar-refractivity contribution >= 4 is 34.6 Å². The molecule has 2 aliphatic heterocycles. The second-order valence-electron chi connectivity index (χ2n) is 6.94. The Kier molecular flexibility index (Phi) is 5.79. The number of oxime groups is 1. The molecule has 5 nitrogen and oxygen atoms in total. The van der Waals surface area contributed by atoms with Gasteiger partial charge in [-0.05, 0) is 30.4 Å². The number of hydrogen-bond donors (Lipinski definition) is 1. The third-order valence-corrected chi connectivity index (χ3v) is 5.77. The number of carbonyl (C=O) groups excluding carboxylic acids is 1. The van der Waals surface area contributed by atoms with Gasteiger partial charge in [0.25, 0.3) is 5.91 Å². The summed E-state index contributed by atoms with van der Waals surface area (Å²) in [5, 5.41) is 7.01. The number of hydrogen-bond acceptors (Lipinski definition) is 5. The molecule has 2 aliphatic rings. The van der Waals surface area contributed by atoms with Gasteiger partial charge in [0.2, 0.25) is 6.10 Å². The summed E-state index contributed by atoms with van der Waals surface area (Å²) in [7, 11) is 0. The van der Waals surface area contributed by atoms with E-state index in [4.69, 9.17) is 16.4 Å². The quantitative estimate of drug-likeness (QED) is 0.868. The molecule has 1 saturated heterocycles. The van der Waals surface area contributed by atoms with Gasteiger partial charge in [-0.1, -0.05) is 30.6 Å². The normalized spacial score (nSPS) is 27.6. The van der Waals surface area contributed by atoms with Gasteiger partial charge < -0.3 is 15.1 Å². The summed E-state index contributed by atoms with van der Waals surface area (Å²) in [6.45, 7) is 8.37. The Morgan fingerprint density at radius 3 is 2.83 bits per heavy atom. The number of thiophene rings is 1. The fraction of sp³-hybridized carbons (Fsp3) is 0.647. The molecular weight excluding hydrogens is 346 g/mol. The van der Waals surface area contributed by atoms with Crippen LogP contribution in [0.25, 0.3) is 0 Å². The highest BCUT2D eigenvalue weighted by atomic mass is 35.5. The molecule has 1 aromatic rings. The summed E-state index contributed by atoms with van der Waals surface area (Å²) >= 11 is 7.39. The van der Waals surface area contributed by atoms with Crippen LogP contribution in [0.2, 0.25) is 4.34 Å². The number of rotatable bonds is 5. The highest BCUT2D eigenvalue weighted by Gasteiger charge is 2.29. The van der Waals surface area contributed by atoms with Gasteiger partial charge in [-0.2, -0.15) is 0 Å². The van der Waals surface area contributed by atoms with Crippen molar-refractivity contribution < 1.29 is 9.63 Å². The smallest absolute Gasteiger partial charge is 0.264 e. The highest BCUT2D eigenvalue weighted by Crippen LogP contribution is 2.26. The van der Waals surface area contributed by atoms with Gasteiger partial charge in [0.15, 0.2) is 0 Å². The van der Waals surface area contributed by atoms with E-state index in [9.17, 15) is 4.79 Å². The van der Waals surface area contributed by atoms with Gasteiger partial charge >= 0.3 is 0 Å². The molecular formula is C17H24ClN3O2S. The molecule has 0 saturated carbocycles. The minimum Gasteiger partial charge on any atom is -0.382 e. The Balaban J connectivity index is 1.40. The molecule has 0 aromatic carbocycles. The molecule has 1 N–H and O–H groups in total. The van der Waals surface area contributed by atoms with E-state index >= 15 is 0 Å². The van der Waals surface area contributed by atoms with Crippen LogP contribution in [-0.4, -0.2) is 48.8 Å². The lowest BCUT2D eigenvalue weighted by atomic mass is 9.92. The summed E-state index contributed by atoms with van der Waals surface area (Å²) in [5.41, 5.74) is 0.797. The van der Waals surface area contributed by atoms with Crippen LogP contribution in [0.3, 0.4) is 0 Å². The predicted molar refractivity (Wildman–Crippen MR) is 97.8 cm³/mol. The van der Waals surface area contributed by atoms with E-state index in [2.05, 4.69) is 29.2 Å². The van der Waals surface area contributed by atoms with Crippen molar-refractivity contribution in [1.29, 1.82) is 0 Å². The lowest BCUT2D eigenvalue weighted by molar-refractivity contribution is -0.131. The second kappa shape index (κ2) is 7.85. The Labute approximate surface area is 152 Å². The minimum absolute atomic E-state index is 0.0884. The van der Waals surface area contributed by atoms with Crippen molar-refractivity contribution in [2.45, 2.75) is 32.8 Å². The standard InChI is InChI=1S/C17H24ClN3O2S/c1-11-7-12(2)10-21(9-11)6-5-19-17(22)14-8-13(20-23-14)15-3-4-16(18)24-15/h3-4,11-12,14H,5-10H2,1-2H3,(H,19,22). The van der Waals surface area contributed by atoms with E-state index in [0.717, 1.165) is 42.1 Å². The molecule has 0 aliphatic carbocycles. The van der Waals surface area contributed by atoms with Crippen LogP contribution in [0.1, 0.15) is 31.6 Å². The van der Waals surface area contributed by atoms with Crippen LogP contribution in [-0.2, 0) is 9.63 Å². The number of nitrogens with zero attached hydrogens (tertiary/aromatic N) is 2. The Morgan fingerprint density at radius 1 is 1.42 bits per heavy atom. The van der Waals surface area contributed by atoms with Crippen molar-refractivity contribution in [3.63, 3.8) is 0 Å². The SMILES string of the molecule is CC1CC(C)CN(CCNC(=O)C2CC(c3ccc(Cl)s3)=NO2)C1. The monoisotopic (exact) mass is 369 g/mol. The summed E-state index contributed by atoms with van der Waals surface area (Å²) < 4.78 is 0.714. The predicted octanol–water partition coefficient (Wildman–Crippen LogP) is 2.99. The van der Waals surface area contributed by atoms with Crippen molar-refractivity contribution in [3.8, 4) is 0 Å². The molecule has 0 spiro atoms. The maximum Gasteiger partial charge on any atom is 0.264 e. The fourth-order valence-electron chi connectivity index (χ4n) is 3.56. The zero-order chi connectivity index (χ0) is 17.1. The van der Waals surface area contributed by atoms with Gasteiger partial charge in [0, 0.05) is 32.6 Å². The third-order valence-electron chi connectivity index (χ3n) is 4.49. The van der Waals surface area contributed by atoms with Gasteiger partial charge in [-0.25, -0.2) is 0 Å². The summed E-state index contributed by atoms with van der Waals surface area (Å²) in [6.07, 6.45) is 1.27. The first kappa shape index (κ1) is 17.7. The van der Waals surface area contributed by atoms with Crippen LogP contribution in [0.15, 0.2) is 17.3 Å². The molecule has 0 radical (unpaired) electrons. The molecule has 24 heavy (non-hydrogen) atoms. The largest absolute Gasteiger partial charge is 0.382 e. The van der Waals surface area contributed by atoms with E-state index in [-0.39, 0.29) is 5.91 Å². The van der Waals surface area contributed by atoms with Crippen LogP contribution in [0.5, 0.6) is 0 Å². The van der Waals surface area contributed by atoms with E-state index in [1.807, 2.05) is 12.1 Å². The van der Waals surface area contributed by atoms with Gasteiger partial charge in [-0.15, -0.1) is 11.3 Å². The average molecular weight is 370 g/mol. The number of likely N-dealkylation sites (tertiary alicyclic amines) is 1. The molecule has 3 unspecified atom stereocenters. The fourth-order valence-corrected chi connectivity index (χ4v) is 4.59. The maximum atomic E-state index is 12.2. The number of piperidine rings is 1. The lowest BCUT2D eigenvalue weighted by Crippen LogP contribution is -2.44. The van der Waals surface area contributed by atoms with E-state index in [0.29, 0.717) is 17.3 Å². The van der Waals surface area contributed by atoms with Crippen molar-refractivity contribution in [3.05, 3.63) is 21.3 Å². The molecule has 3 rings (SSSR count). The third kappa shape index (κ3) is 4.49. The van der Waals surface area contributed by atoms with Crippen LogP contribution in [0, 0.1) is 11.8 Å². The molecule has 1 amide bonds. The molecule has 0 bridgehead atoms. The zero-order valence-corrected chi connectivity index (χ0v) is 15.7. The molecule has 3 heterocycles.